The number of nitrogens with one attached hydrogen (secondary N) is 2. The molecule has 1 saturated carbocycles. The molecule has 0 bridgehead atoms. The van der Waals surface area contributed by atoms with E-state index in [1.54, 1.807) is 50.2 Å². The molecule has 0 heterocycles. The molecule has 0 aliphatic heterocycles. The average molecular weight is 589 g/mol. The molecule has 2 unspecified atom stereocenters. The van der Waals surface area contributed by atoms with Crippen LogP contribution in [0.2, 0.25) is 15.1 Å². The SMILES string of the molecule is Cc1c(F)ccc(NC(=O)c2cc(NCC3(C=O)C(c4cc(Cl)cc(Cl)c4)C3(Cl)Cl)ccc2Cl)c1C. The third-order valence-electron chi connectivity index (χ3n) is 6.61. The predicted molar refractivity (Wildman–Crippen MR) is 146 cm³/mol. The Morgan fingerprint density at radius 3 is 2.31 bits per heavy atom. The zero-order valence-corrected chi connectivity index (χ0v) is 22.8. The van der Waals surface area contributed by atoms with Gasteiger partial charge < -0.3 is 15.4 Å². The van der Waals surface area contributed by atoms with E-state index in [1.807, 2.05) is 0 Å². The summed E-state index contributed by atoms with van der Waals surface area (Å²) in [6, 6.07) is 12.5. The van der Waals surface area contributed by atoms with E-state index < -0.39 is 21.6 Å². The van der Waals surface area contributed by atoms with Gasteiger partial charge in [0.25, 0.3) is 5.91 Å². The van der Waals surface area contributed by atoms with Crippen LogP contribution in [0.15, 0.2) is 48.5 Å². The second-order valence-corrected chi connectivity index (χ2v) is 11.4. The maximum Gasteiger partial charge on any atom is 0.257 e. The van der Waals surface area contributed by atoms with Crippen LogP contribution in [0, 0.1) is 25.1 Å². The molecule has 188 valence electrons. The van der Waals surface area contributed by atoms with Gasteiger partial charge in [0, 0.05) is 33.9 Å². The molecule has 0 saturated heterocycles. The van der Waals surface area contributed by atoms with Crippen LogP contribution >= 0.6 is 58.0 Å². The van der Waals surface area contributed by atoms with Crippen LogP contribution in [0.5, 0.6) is 0 Å². The molecule has 1 fully saturated rings. The van der Waals surface area contributed by atoms with Crippen LogP contribution in [-0.4, -0.2) is 23.1 Å². The van der Waals surface area contributed by atoms with Gasteiger partial charge in [-0.25, -0.2) is 4.39 Å². The first-order chi connectivity index (χ1) is 16.9. The Morgan fingerprint density at radius 1 is 1.00 bits per heavy atom. The van der Waals surface area contributed by atoms with Gasteiger partial charge in [0.1, 0.15) is 16.4 Å². The van der Waals surface area contributed by atoms with Gasteiger partial charge in [-0.05, 0) is 79.1 Å². The molecule has 36 heavy (non-hydrogen) atoms. The summed E-state index contributed by atoms with van der Waals surface area (Å²) in [5, 5.41) is 6.94. The summed E-state index contributed by atoms with van der Waals surface area (Å²) in [6.45, 7) is 3.43. The Kier molecular flexibility index (Phi) is 7.53. The van der Waals surface area contributed by atoms with Crippen LogP contribution in [-0.2, 0) is 4.79 Å². The summed E-state index contributed by atoms with van der Waals surface area (Å²) < 4.78 is 12.4. The number of rotatable bonds is 7. The van der Waals surface area contributed by atoms with Crippen LogP contribution < -0.4 is 10.6 Å². The van der Waals surface area contributed by atoms with Crippen molar-refractivity contribution in [1.29, 1.82) is 0 Å². The Bertz CT molecular complexity index is 1360. The number of carbonyl (C=O) groups is 2. The molecule has 4 nitrogen and oxygen atoms in total. The summed E-state index contributed by atoms with van der Waals surface area (Å²) >= 11 is 31.7. The lowest BCUT2D eigenvalue weighted by atomic mass is 10.00. The third kappa shape index (κ3) is 4.80. The number of aldehydes is 1. The molecule has 2 atom stereocenters. The van der Waals surface area contributed by atoms with Crippen molar-refractivity contribution in [3.8, 4) is 0 Å². The highest BCUT2D eigenvalue weighted by atomic mass is 35.5. The Labute approximate surface area is 233 Å². The summed E-state index contributed by atoms with van der Waals surface area (Å²) in [4.78, 5) is 25.2. The average Bonchev–Trinajstić information content (AvgIpc) is 3.32. The molecule has 10 heteroatoms. The number of halogens is 6. The largest absolute Gasteiger partial charge is 0.384 e. The van der Waals surface area contributed by atoms with E-state index in [2.05, 4.69) is 10.6 Å². The lowest BCUT2D eigenvalue weighted by Crippen LogP contribution is -2.23. The zero-order chi connectivity index (χ0) is 26.4. The summed E-state index contributed by atoms with van der Waals surface area (Å²) in [5.74, 6) is -1.37. The molecule has 4 rings (SSSR count). The molecule has 0 radical (unpaired) electrons. The molecule has 0 aromatic heterocycles. The van der Waals surface area contributed by atoms with Gasteiger partial charge in [-0.3, -0.25) is 4.79 Å². The number of anilines is 2. The molecule has 1 aliphatic rings. The summed E-state index contributed by atoms with van der Waals surface area (Å²) in [6.07, 6.45) is 0.725. The fraction of sp³-hybridized carbons (Fsp3) is 0.231. The monoisotopic (exact) mass is 586 g/mol. The van der Waals surface area contributed by atoms with Gasteiger partial charge in [0.2, 0.25) is 0 Å². The van der Waals surface area contributed by atoms with Crippen molar-refractivity contribution in [2.45, 2.75) is 24.1 Å². The highest BCUT2D eigenvalue weighted by Crippen LogP contribution is 2.73. The second-order valence-electron chi connectivity index (χ2n) is 8.76. The van der Waals surface area contributed by atoms with Crippen molar-refractivity contribution in [2.24, 2.45) is 5.41 Å². The fourth-order valence-corrected chi connectivity index (χ4v) is 6.02. The van der Waals surface area contributed by atoms with E-state index in [4.69, 9.17) is 58.0 Å². The first kappa shape index (κ1) is 27.0. The van der Waals surface area contributed by atoms with Crippen molar-refractivity contribution in [3.05, 3.63) is 91.7 Å². The van der Waals surface area contributed by atoms with Gasteiger partial charge in [-0.15, -0.1) is 0 Å². The molecule has 1 amide bonds. The van der Waals surface area contributed by atoms with Crippen LogP contribution in [0.1, 0.15) is 33.0 Å². The molecule has 3 aromatic carbocycles. The fourth-order valence-electron chi connectivity index (χ4n) is 4.30. The van der Waals surface area contributed by atoms with E-state index in [-0.39, 0.29) is 22.9 Å². The van der Waals surface area contributed by atoms with E-state index in [1.165, 1.54) is 12.1 Å². The minimum atomic E-state index is -1.39. The summed E-state index contributed by atoms with van der Waals surface area (Å²) in [5.41, 5.74) is 1.74. The van der Waals surface area contributed by atoms with Crippen LogP contribution in [0.25, 0.3) is 0 Å². The second kappa shape index (κ2) is 10.0. The molecule has 2 N–H and O–H groups in total. The van der Waals surface area contributed by atoms with Crippen LogP contribution in [0.3, 0.4) is 0 Å². The summed E-state index contributed by atoms with van der Waals surface area (Å²) in [7, 11) is 0. The lowest BCUT2D eigenvalue weighted by molar-refractivity contribution is -0.112. The normalized spacial score (nSPS) is 20.1. The molecular weight excluding hydrogens is 569 g/mol. The van der Waals surface area contributed by atoms with Gasteiger partial charge in [0.15, 0.2) is 0 Å². The predicted octanol–water partition coefficient (Wildman–Crippen LogP) is 8.22. The molecule has 3 aromatic rings. The van der Waals surface area contributed by atoms with E-state index in [0.717, 1.165) is 6.29 Å². The Morgan fingerprint density at radius 2 is 1.67 bits per heavy atom. The van der Waals surface area contributed by atoms with Crippen molar-refractivity contribution in [1.82, 2.24) is 0 Å². The van der Waals surface area contributed by atoms with Crippen molar-refractivity contribution in [2.75, 3.05) is 17.2 Å². The maximum atomic E-state index is 13.8. The Hall–Kier alpha value is -2.02. The first-order valence-electron chi connectivity index (χ1n) is 10.8. The number of benzene rings is 3. The van der Waals surface area contributed by atoms with Crippen molar-refractivity contribution >= 4 is 81.6 Å². The van der Waals surface area contributed by atoms with Gasteiger partial charge >= 0.3 is 0 Å². The Balaban J connectivity index is 1.55. The van der Waals surface area contributed by atoms with E-state index in [0.29, 0.717) is 38.1 Å². The quantitative estimate of drug-likeness (QED) is 0.216. The number of hydrogen-bond donors (Lipinski definition) is 2. The smallest absolute Gasteiger partial charge is 0.257 e. The zero-order valence-electron chi connectivity index (χ0n) is 19.1. The molecular formula is C26H20Cl5FN2O2. The highest BCUT2D eigenvalue weighted by molar-refractivity contribution is 6.54. The molecule has 1 aliphatic carbocycles. The third-order valence-corrected chi connectivity index (χ3v) is 8.51. The standard InChI is InChI=1S/C26H20Cl5FN2O2/c1-13-14(2)22(6-5-21(13)32)34-24(36)19-10-18(3-4-20(19)29)33-11-25(12-35)23(26(25,30)31)15-7-16(27)9-17(28)8-15/h3-10,12,23,33H,11H2,1-2H3,(H,34,36). The minimum absolute atomic E-state index is 0.0806. The van der Waals surface area contributed by atoms with Gasteiger partial charge in [-0.1, -0.05) is 58.0 Å². The van der Waals surface area contributed by atoms with Gasteiger partial charge in [0.05, 0.1) is 16.0 Å². The van der Waals surface area contributed by atoms with E-state index >= 15 is 0 Å². The minimum Gasteiger partial charge on any atom is -0.384 e. The topological polar surface area (TPSA) is 58.2 Å². The number of hydrogen-bond acceptors (Lipinski definition) is 3. The van der Waals surface area contributed by atoms with Gasteiger partial charge in [-0.2, -0.15) is 0 Å². The maximum absolute atomic E-state index is 13.8. The molecule has 0 spiro atoms. The van der Waals surface area contributed by atoms with Crippen molar-refractivity contribution in [3.63, 3.8) is 0 Å². The highest BCUT2D eigenvalue weighted by Gasteiger charge is 2.76. The first-order valence-corrected chi connectivity index (χ1v) is 12.7. The number of alkyl halides is 2. The lowest BCUT2D eigenvalue weighted by Gasteiger charge is -2.16. The van der Waals surface area contributed by atoms with Crippen LogP contribution in [0.4, 0.5) is 15.8 Å². The number of carbonyl (C=O) groups excluding carboxylic acids is 2. The van der Waals surface area contributed by atoms with E-state index in [9.17, 15) is 14.0 Å². The van der Waals surface area contributed by atoms with Crippen molar-refractivity contribution < 1.29 is 14.0 Å². The number of amides is 1.